The van der Waals surface area contributed by atoms with E-state index in [-0.39, 0.29) is 18.8 Å². The van der Waals surface area contributed by atoms with Crippen molar-refractivity contribution < 1.29 is 29.4 Å². The van der Waals surface area contributed by atoms with Gasteiger partial charge in [-0.15, -0.1) is 0 Å². The van der Waals surface area contributed by atoms with Gasteiger partial charge in [0.1, 0.15) is 18.4 Å². The van der Waals surface area contributed by atoms with Crippen LogP contribution in [0.1, 0.15) is 51.9 Å². The summed E-state index contributed by atoms with van der Waals surface area (Å²) < 4.78 is 0. The van der Waals surface area contributed by atoms with Crippen molar-refractivity contribution in [1.29, 1.82) is 0 Å². The van der Waals surface area contributed by atoms with E-state index in [2.05, 4.69) is 10.6 Å². The van der Waals surface area contributed by atoms with Crippen molar-refractivity contribution >= 4 is 24.1 Å². The molecule has 1 unspecified atom stereocenters. The number of rotatable bonds is 9. The van der Waals surface area contributed by atoms with Crippen LogP contribution in [0.5, 0.6) is 0 Å². The fraction of sp³-hybridized carbons (Fsp3) is 0.750. The summed E-state index contributed by atoms with van der Waals surface area (Å²) in [6.07, 6.45) is 3.52. The first-order chi connectivity index (χ1) is 11.3. The molecule has 0 radical (unpaired) electrons. The van der Waals surface area contributed by atoms with E-state index < -0.39 is 36.0 Å². The fourth-order valence-electron chi connectivity index (χ4n) is 2.87. The quantitative estimate of drug-likeness (QED) is 0.435. The van der Waals surface area contributed by atoms with Crippen molar-refractivity contribution in [3.8, 4) is 0 Å². The molecule has 0 heterocycles. The predicted molar refractivity (Wildman–Crippen MR) is 85.1 cm³/mol. The molecule has 136 valence electrons. The first-order valence-corrected chi connectivity index (χ1v) is 8.29. The second-order valence-electron chi connectivity index (χ2n) is 6.28. The summed E-state index contributed by atoms with van der Waals surface area (Å²) in [7, 11) is 0. The van der Waals surface area contributed by atoms with Crippen molar-refractivity contribution in [2.45, 2.75) is 70.1 Å². The Balaban J connectivity index is 2.50. The average Bonchev–Trinajstić information content (AvgIpc) is 2.54. The van der Waals surface area contributed by atoms with E-state index >= 15 is 0 Å². The minimum Gasteiger partial charge on any atom is -0.481 e. The number of aliphatic carboxylic acids is 1. The van der Waals surface area contributed by atoms with Crippen LogP contribution in [-0.4, -0.2) is 52.5 Å². The largest absolute Gasteiger partial charge is 0.481 e. The summed E-state index contributed by atoms with van der Waals surface area (Å²) in [5, 5.41) is 23.7. The molecular formula is C16H26N2O6. The van der Waals surface area contributed by atoms with Gasteiger partial charge < -0.3 is 25.6 Å². The van der Waals surface area contributed by atoms with Crippen LogP contribution in [0.3, 0.4) is 0 Å². The molecule has 0 aromatic carbocycles. The zero-order valence-electron chi connectivity index (χ0n) is 13.9. The Morgan fingerprint density at radius 3 is 2.29 bits per heavy atom. The summed E-state index contributed by atoms with van der Waals surface area (Å²) in [5.74, 6) is -2.42. The van der Waals surface area contributed by atoms with Crippen molar-refractivity contribution in [2.24, 2.45) is 5.92 Å². The highest BCUT2D eigenvalue weighted by molar-refractivity contribution is 5.89. The molecule has 1 saturated carbocycles. The summed E-state index contributed by atoms with van der Waals surface area (Å²) in [4.78, 5) is 45.3. The van der Waals surface area contributed by atoms with Crippen LogP contribution in [0.4, 0.5) is 0 Å². The van der Waals surface area contributed by atoms with Gasteiger partial charge in [0.2, 0.25) is 11.8 Å². The van der Waals surface area contributed by atoms with Crippen LogP contribution in [0.25, 0.3) is 0 Å². The topological polar surface area (TPSA) is 133 Å². The lowest BCUT2D eigenvalue weighted by atomic mass is 9.85. The van der Waals surface area contributed by atoms with E-state index in [0.29, 0.717) is 6.29 Å². The van der Waals surface area contributed by atoms with Gasteiger partial charge in [-0.05, 0) is 25.7 Å². The maximum absolute atomic E-state index is 12.1. The molecule has 8 heteroatoms. The number of carbonyl (C=O) groups excluding carboxylic acids is 3. The summed E-state index contributed by atoms with van der Waals surface area (Å²) >= 11 is 0. The zero-order valence-corrected chi connectivity index (χ0v) is 13.9. The first kappa shape index (κ1) is 20.1. The molecule has 1 rings (SSSR count). The Morgan fingerprint density at radius 2 is 1.75 bits per heavy atom. The highest BCUT2D eigenvalue weighted by atomic mass is 16.4. The monoisotopic (exact) mass is 342 g/mol. The molecule has 0 aliphatic heterocycles. The lowest BCUT2D eigenvalue weighted by Gasteiger charge is -2.27. The normalized spacial score (nSPS) is 18.9. The van der Waals surface area contributed by atoms with Crippen LogP contribution in [-0.2, 0) is 19.2 Å². The minimum absolute atomic E-state index is 0.0937. The average molecular weight is 342 g/mol. The van der Waals surface area contributed by atoms with Crippen molar-refractivity contribution in [3.63, 3.8) is 0 Å². The van der Waals surface area contributed by atoms with Crippen LogP contribution >= 0.6 is 0 Å². The number of aliphatic hydroxyl groups excluding tert-OH is 1. The lowest BCUT2D eigenvalue weighted by molar-refractivity contribution is -0.139. The number of carboxylic acid groups (broad SMARTS) is 1. The molecule has 1 aliphatic rings. The number of nitrogens with one attached hydrogen (secondary N) is 2. The van der Waals surface area contributed by atoms with Gasteiger partial charge >= 0.3 is 5.97 Å². The molecule has 0 aromatic rings. The van der Waals surface area contributed by atoms with Crippen LogP contribution in [0.15, 0.2) is 0 Å². The second-order valence-corrected chi connectivity index (χ2v) is 6.28. The number of hydrogen-bond acceptors (Lipinski definition) is 5. The maximum Gasteiger partial charge on any atom is 0.305 e. The zero-order chi connectivity index (χ0) is 18.1. The number of aldehydes is 1. The number of amides is 2. The molecule has 8 nitrogen and oxygen atoms in total. The van der Waals surface area contributed by atoms with Crippen LogP contribution < -0.4 is 10.6 Å². The summed E-state index contributed by atoms with van der Waals surface area (Å²) in [5.41, 5.74) is 0. The number of carboxylic acids is 1. The van der Waals surface area contributed by atoms with Gasteiger partial charge in [-0.1, -0.05) is 19.3 Å². The van der Waals surface area contributed by atoms with Gasteiger partial charge in [-0.25, -0.2) is 0 Å². The van der Waals surface area contributed by atoms with Gasteiger partial charge in [0.05, 0.1) is 6.42 Å². The molecule has 4 N–H and O–H groups in total. The van der Waals surface area contributed by atoms with Gasteiger partial charge in [-0.2, -0.15) is 0 Å². The van der Waals surface area contributed by atoms with E-state index in [4.69, 9.17) is 5.11 Å². The van der Waals surface area contributed by atoms with E-state index in [0.717, 1.165) is 32.1 Å². The second kappa shape index (κ2) is 10.0. The fourth-order valence-corrected chi connectivity index (χ4v) is 2.87. The molecule has 0 saturated heterocycles. The number of aliphatic hydroxyl groups is 1. The molecule has 1 aliphatic carbocycles. The molecule has 0 aromatic heterocycles. The van der Waals surface area contributed by atoms with E-state index in [9.17, 15) is 24.3 Å². The highest BCUT2D eigenvalue weighted by Gasteiger charge is 2.29. The van der Waals surface area contributed by atoms with Crippen molar-refractivity contribution in [2.75, 3.05) is 0 Å². The molecule has 0 spiro atoms. The van der Waals surface area contributed by atoms with Crippen LogP contribution in [0.2, 0.25) is 0 Å². The molecule has 24 heavy (non-hydrogen) atoms. The Morgan fingerprint density at radius 1 is 1.12 bits per heavy atom. The van der Waals surface area contributed by atoms with Crippen LogP contribution in [0, 0.1) is 5.92 Å². The minimum atomic E-state index is -1.15. The van der Waals surface area contributed by atoms with Gasteiger partial charge in [-0.3, -0.25) is 14.4 Å². The summed E-state index contributed by atoms with van der Waals surface area (Å²) in [6.45, 7) is 1.44. The first-order valence-electron chi connectivity index (χ1n) is 8.29. The third kappa shape index (κ3) is 6.66. The van der Waals surface area contributed by atoms with Crippen molar-refractivity contribution in [3.05, 3.63) is 0 Å². The third-order valence-electron chi connectivity index (χ3n) is 4.27. The highest BCUT2D eigenvalue weighted by Crippen LogP contribution is 2.26. The Bertz CT molecular complexity index is 461. The van der Waals surface area contributed by atoms with Crippen molar-refractivity contribution in [1.82, 2.24) is 10.6 Å². The van der Waals surface area contributed by atoms with E-state index in [1.54, 1.807) is 0 Å². The SMILES string of the molecule is C[C@H](NC(=O)C(O)C1CCCCC1)C(=O)N[C@H](CC=O)CC(=O)O. The van der Waals surface area contributed by atoms with Gasteiger partial charge in [0.25, 0.3) is 0 Å². The Kier molecular flexibility index (Phi) is 8.39. The number of carbonyl (C=O) groups is 4. The molecule has 1 fully saturated rings. The molecule has 3 atom stereocenters. The molecule has 2 amide bonds. The Labute approximate surface area is 141 Å². The van der Waals surface area contributed by atoms with E-state index in [1.807, 2.05) is 0 Å². The van der Waals surface area contributed by atoms with Gasteiger partial charge in [0.15, 0.2) is 0 Å². The third-order valence-corrected chi connectivity index (χ3v) is 4.27. The summed E-state index contributed by atoms with van der Waals surface area (Å²) in [6, 6.07) is -1.76. The molecular weight excluding hydrogens is 316 g/mol. The lowest BCUT2D eigenvalue weighted by Crippen LogP contribution is -2.51. The predicted octanol–water partition coefficient (Wildman–Crippen LogP) is -0.0192. The van der Waals surface area contributed by atoms with E-state index in [1.165, 1.54) is 6.92 Å². The molecule has 0 bridgehead atoms. The Hall–Kier alpha value is -1.96. The van der Waals surface area contributed by atoms with Gasteiger partial charge in [0, 0.05) is 12.5 Å². The standard InChI is InChI=1S/C16H26N2O6/c1-10(15(23)18-12(7-8-19)9-13(20)21)17-16(24)14(22)11-5-3-2-4-6-11/h8,10-12,14,22H,2-7,9H2,1H3,(H,17,24)(H,18,23)(H,20,21)/t10-,12+,14?/m0/s1. The number of hydrogen-bond donors (Lipinski definition) is 4. The maximum atomic E-state index is 12.1. The smallest absolute Gasteiger partial charge is 0.305 e.